The normalized spacial score (nSPS) is 16.0. The summed E-state index contributed by atoms with van der Waals surface area (Å²) in [6, 6.07) is 0. The number of ether oxygens (including phenoxy) is 3. The Morgan fingerprint density at radius 2 is 1.96 bits per heavy atom. The zero-order valence-corrected chi connectivity index (χ0v) is 16.8. The Morgan fingerprint density at radius 3 is 2.65 bits per heavy atom. The fraction of sp³-hybridized carbons (Fsp3) is 0.933. The maximum atomic E-state index is 5.42. The van der Waals surface area contributed by atoms with E-state index in [4.69, 9.17) is 14.2 Å². The van der Waals surface area contributed by atoms with Crippen LogP contribution in [0.15, 0.2) is 4.99 Å². The standard InChI is InChI=1S/C15H32N4O3.HI/c1-3-16-15(17-5-4-10-21-14-13-20-2)18-6-7-19-8-11-22-12-9-19;/h3-14H2,1-2H3,(H2,16,17,18);1H. The van der Waals surface area contributed by atoms with Gasteiger partial charge in [-0.3, -0.25) is 9.89 Å². The zero-order valence-electron chi connectivity index (χ0n) is 14.5. The molecule has 23 heavy (non-hydrogen) atoms. The molecule has 1 aliphatic rings. The molecule has 0 radical (unpaired) electrons. The second-order valence-electron chi connectivity index (χ2n) is 5.10. The highest BCUT2D eigenvalue weighted by atomic mass is 127. The molecule has 138 valence electrons. The zero-order chi connectivity index (χ0) is 15.9. The van der Waals surface area contributed by atoms with Gasteiger partial charge >= 0.3 is 0 Å². The van der Waals surface area contributed by atoms with Crippen molar-refractivity contribution in [3.05, 3.63) is 0 Å². The molecule has 0 aromatic rings. The molecule has 1 heterocycles. The van der Waals surface area contributed by atoms with Crippen molar-refractivity contribution in [3.63, 3.8) is 0 Å². The molecule has 0 amide bonds. The number of hydrogen-bond acceptors (Lipinski definition) is 5. The highest BCUT2D eigenvalue weighted by molar-refractivity contribution is 14.0. The van der Waals surface area contributed by atoms with E-state index >= 15 is 0 Å². The predicted molar refractivity (Wildman–Crippen MR) is 104 cm³/mol. The fourth-order valence-electron chi connectivity index (χ4n) is 2.10. The third-order valence-electron chi connectivity index (χ3n) is 3.32. The first kappa shape index (κ1) is 22.8. The predicted octanol–water partition coefficient (Wildman–Crippen LogP) is 0.545. The van der Waals surface area contributed by atoms with Crippen LogP contribution < -0.4 is 10.6 Å². The molecule has 0 bridgehead atoms. The van der Waals surface area contributed by atoms with Crippen molar-refractivity contribution in [1.82, 2.24) is 15.5 Å². The van der Waals surface area contributed by atoms with Gasteiger partial charge in [0, 0.05) is 53.0 Å². The third kappa shape index (κ3) is 12.9. The summed E-state index contributed by atoms with van der Waals surface area (Å²) >= 11 is 0. The summed E-state index contributed by atoms with van der Waals surface area (Å²) in [4.78, 5) is 6.96. The summed E-state index contributed by atoms with van der Waals surface area (Å²) < 4.78 is 15.7. The molecule has 1 rings (SSSR count). The maximum absolute atomic E-state index is 5.42. The Bertz CT molecular complexity index is 290. The number of hydrogen-bond donors (Lipinski definition) is 2. The van der Waals surface area contributed by atoms with Crippen molar-refractivity contribution >= 4 is 29.9 Å². The molecule has 0 spiro atoms. The molecule has 2 N–H and O–H groups in total. The first-order valence-electron chi connectivity index (χ1n) is 8.25. The molecule has 1 saturated heterocycles. The molecule has 1 fully saturated rings. The van der Waals surface area contributed by atoms with Gasteiger partial charge in [-0.05, 0) is 13.3 Å². The van der Waals surface area contributed by atoms with Crippen LogP contribution in [0, 0.1) is 0 Å². The van der Waals surface area contributed by atoms with Gasteiger partial charge in [-0.2, -0.15) is 0 Å². The molecule has 0 aliphatic carbocycles. The van der Waals surface area contributed by atoms with Crippen LogP contribution in [0.2, 0.25) is 0 Å². The van der Waals surface area contributed by atoms with Crippen molar-refractivity contribution in [3.8, 4) is 0 Å². The Hall–Kier alpha value is -0.160. The monoisotopic (exact) mass is 444 g/mol. The van der Waals surface area contributed by atoms with Gasteiger partial charge in [-0.25, -0.2) is 0 Å². The summed E-state index contributed by atoms with van der Waals surface area (Å²) in [5.41, 5.74) is 0. The van der Waals surface area contributed by atoms with Gasteiger partial charge in [0.15, 0.2) is 5.96 Å². The van der Waals surface area contributed by atoms with E-state index in [0.29, 0.717) is 13.2 Å². The highest BCUT2D eigenvalue weighted by Gasteiger charge is 2.09. The SMILES string of the molecule is CCNC(=NCCCOCCOC)NCCN1CCOCC1.I. The second kappa shape index (κ2) is 16.7. The van der Waals surface area contributed by atoms with E-state index < -0.39 is 0 Å². The van der Waals surface area contributed by atoms with Gasteiger partial charge in [0.05, 0.1) is 26.4 Å². The van der Waals surface area contributed by atoms with Crippen molar-refractivity contribution in [2.45, 2.75) is 13.3 Å². The number of aliphatic imine (C=N–C) groups is 1. The number of rotatable bonds is 11. The summed E-state index contributed by atoms with van der Waals surface area (Å²) in [5.74, 6) is 0.882. The van der Waals surface area contributed by atoms with Crippen LogP contribution in [0.1, 0.15) is 13.3 Å². The lowest BCUT2D eigenvalue weighted by atomic mass is 10.4. The Labute approximate surface area is 157 Å². The minimum atomic E-state index is 0. The highest BCUT2D eigenvalue weighted by Crippen LogP contribution is 1.94. The van der Waals surface area contributed by atoms with Gasteiger partial charge < -0.3 is 24.8 Å². The second-order valence-corrected chi connectivity index (χ2v) is 5.10. The molecular weight excluding hydrogens is 411 g/mol. The summed E-state index contributed by atoms with van der Waals surface area (Å²) in [6.45, 7) is 11.4. The van der Waals surface area contributed by atoms with E-state index in [0.717, 1.165) is 71.5 Å². The third-order valence-corrected chi connectivity index (χ3v) is 3.32. The van der Waals surface area contributed by atoms with Gasteiger partial charge in [0.2, 0.25) is 0 Å². The van der Waals surface area contributed by atoms with Crippen LogP contribution in [0.25, 0.3) is 0 Å². The summed E-state index contributed by atoms with van der Waals surface area (Å²) in [6.07, 6.45) is 0.920. The minimum absolute atomic E-state index is 0. The average molecular weight is 444 g/mol. The van der Waals surface area contributed by atoms with Crippen molar-refractivity contribution in [2.24, 2.45) is 4.99 Å². The molecule has 0 saturated carbocycles. The smallest absolute Gasteiger partial charge is 0.191 e. The van der Waals surface area contributed by atoms with E-state index in [-0.39, 0.29) is 24.0 Å². The molecular formula is C15H33IN4O3. The van der Waals surface area contributed by atoms with Crippen molar-refractivity contribution < 1.29 is 14.2 Å². The lowest BCUT2D eigenvalue weighted by molar-refractivity contribution is 0.0389. The number of guanidine groups is 1. The van der Waals surface area contributed by atoms with Crippen LogP contribution in [0.4, 0.5) is 0 Å². The lowest BCUT2D eigenvalue weighted by Gasteiger charge is -2.26. The molecule has 0 aromatic heterocycles. The quantitative estimate of drug-likeness (QED) is 0.210. The largest absolute Gasteiger partial charge is 0.382 e. The Balaban J connectivity index is 0.00000484. The van der Waals surface area contributed by atoms with E-state index in [9.17, 15) is 0 Å². The molecule has 1 aliphatic heterocycles. The van der Waals surface area contributed by atoms with E-state index in [1.807, 2.05) is 0 Å². The van der Waals surface area contributed by atoms with Crippen molar-refractivity contribution in [2.75, 3.05) is 79.4 Å². The van der Waals surface area contributed by atoms with Gasteiger partial charge in [-0.1, -0.05) is 0 Å². The topological polar surface area (TPSA) is 67.4 Å². The van der Waals surface area contributed by atoms with E-state index in [1.54, 1.807) is 7.11 Å². The summed E-state index contributed by atoms with van der Waals surface area (Å²) in [7, 11) is 1.68. The first-order valence-corrected chi connectivity index (χ1v) is 8.25. The Kier molecular flexibility index (Phi) is 16.6. The van der Waals surface area contributed by atoms with Crippen LogP contribution >= 0.6 is 24.0 Å². The van der Waals surface area contributed by atoms with Crippen molar-refractivity contribution in [1.29, 1.82) is 0 Å². The molecule has 8 heteroatoms. The Morgan fingerprint density at radius 1 is 1.17 bits per heavy atom. The van der Waals surface area contributed by atoms with Gasteiger partial charge in [-0.15, -0.1) is 24.0 Å². The number of morpholine rings is 1. The number of nitrogens with one attached hydrogen (secondary N) is 2. The molecule has 0 atom stereocenters. The van der Waals surface area contributed by atoms with Crippen LogP contribution in [-0.4, -0.2) is 90.3 Å². The maximum Gasteiger partial charge on any atom is 0.191 e. The van der Waals surface area contributed by atoms with E-state index in [1.165, 1.54) is 0 Å². The van der Waals surface area contributed by atoms with Crippen LogP contribution in [0.3, 0.4) is 0 Å². The van der Waals surface area contributed by atoms with Gasteiger partial charge in [0.1, 0.15) is 0 Å². The number of halogens is 1. The van der Waals surface area contributed by atoms with E-state index in [2.05, 4.69) is 27.4 Å². The lowest BCUT2D eigenvalue weighted by Crippen LogP contribution is -2.44. The summed E-state index contributed by atoms with van der Waals surface area (Å²) in [5, 5.41) is 6.64. The number of methoxy groups -OCH3 is 1. The number of nitrogens with zero attached hydrogens (tertiary/aromatic N) is 2. The average Bonchev–Trinajstić information content (AvgIpc) is 2.55. The van der Waals surface area contributed by atoms with Crippen LogP contribution in [0.5, 0.6) is 0 Å². The fourth-order valence-corrected chi connectivity index (χ4v) is 2.10. The van der Waals surface area contributed by atoms with Crippen LogP contribution in [-0.2, 0) is 14.2 Å². The first-order chi connectivity index (χ1) is 10.9. The molecule has 7 nitrogen and oxygen atoms in total. The minimum Gasteiger partial charge on any atom is -0.382 e. The van der Waals surface area contributed by atoms with Gasteiger partial charge in [0.25, 0.3) is 0 Å². The molecule has 0 unspecified atom stereocenters. The molecule has 0 aromatic carbocycles.